The number of aryl methyl sites for hydroxylation is 1. The predicted octanol–water partition coefficient (Wildman–Crippen LogP) is 4.15. The van der Waals surface area contributed by atoms with Gasteiger partial charge in [-0.3, -0.25) is 13.9 Å². The van der Waals surface area contributed by atoms with E-state index in [9.17, 15) is 18.0 Å². The van der Waals surface area contributed by atoms with Gasteiger partial charge in [-0.2, -0.15) is 0 Å². The lowest BCUT2D eigenvalue weighted by atomic mass is 10.1. The van der Waals surface area contributed by atoms with Crippen LogP contribution in [0.25, 0.3) is 0 Å². The first kappa shape index (κ1) is 30.5. The Kier molecular flexibility index (Phi) is 10.6. The Morgan fingerprint density at radius 3 is 2.20 bits per heavy atom. The van der Waals surface area contributed by atoms with E-state index in [1.807, 2.05) is 45.0 Å². The lowest BCUT2D eigenvalue weighted by molar-refractivity contribution is -0.140. The quantitative estimate of drug-likeness (QED) is 0.333. The first-order valence-corrected chi connectivity index (χ1v) is 14.5. The molecule has 0 aliphatic carbocycles. The van der Waals surface area contributed by atoms with Crippen LogP contribution in [0.1, 0.15) is 31.4 Å². The van der Waals surface area contributed by atoms with Crippen LogP contribution >= 0.6 is 0 Å². The molecule has 1 atom stereocenters. The highest BCUT2D eigenvalue weighted by Crippen LogP contribution is 2.34. The zero-order chi connectivity index (χ0) is 29.3. The number of hydrogen-bond acceptors (Lipinski definition) is 6. The molecule has 0 saturated heterocycles. The van der Waals surface area contributed by atoms with E-state index in [0.717, 1.165) is 15.4 Å². The molecule has 3 rings (SSSR count). The molecule has 3 aromatic rings. The van der Waals surface area contributed by atoms with Gasteiger partial charge in [0.15, 0.2) is 11.5 Å². The first-order chi connectivity index (χ1) is 19.2. The van der Waals surface area contributed by atoms with Gasteiger partial charge < -0.3 is 19.7 Å². The third kappa shape index (κ3) is 7.12. The normalized spacial score (nSPS) is 11.8. The van der Waals surface area contributed by atoms with Crippen LogP contribution in [0.5, 0.6) is 11.5 Å². The minimum atomic E-state index is -4.18. The highest BCUT2D eigenvalue weighted by atomic mass is 32.2. The first-order valence-electron chi connectivity index (χ1n) is 13.1. The SMILES string of the molecule is CCNC(=O)[C@@H](CC)N(Cc1cccc(C)c1)C(=O)CN(c1ccc(OC)c(OC)c1)S(=O)(=O)c1ccccc1. The average molecular weight is 568 g/mol. The third-order valence-electron chi connectivity index (χ3n) is 6.44. The van der Waals surface area contributed by atoms with E-state index < -0.39 is 28.5 Å². The summed E-state index contributed by atoms with van der Waals surface area (Å²) >= 11 is 0. The van der Waals surface area contributed by atoms with Crippen molar-refractivity contribution in [3.63, 3.8) is 0 Å². The molecule has 2 amide bonds. The fourth-order valence-corrected chi connectivity index (χ4v) is 5.87. The van der Waals surface area contributed by atoms with Crippen molar-refractivity contribution in [2.45, 2.75) is 44.7 Å². The van der Waals surface area contributed by atoms with Crippen LogP contribution in [0.15, 0.2) is 77.7 Å². The topological polar surface area (TPSA) is 105 Å². The largest absolute Gasteiger partial charge is 0.493 e. The summed E-state index contributed by atoms with van der Waals surface area (Å²) in [5.41, 5.74) is 2.06. The molecule has 0 spiro atoms. The minimum Gasteiger partial charge on any atom is -0.493 e. The molecule has 0 aromatic heterocycles. The van der Waals surface area contributed by atoms with Crippen molar-refractivity contribution in [2.24, 2.45) is 0 Å². The summed E-state index contributed by atoms with van der Waals surface area (Å²) in [5.74, 6) is -0.0902. The van der Waals surface area contributed by atoms with E-state index in [0.29, 0.717) is 24.5 Å². The summed E-state index contributed by atoms with van der Waals surface area (Å²) < 4.78 is 39.6. The van der Waals surface area contributed by atoms with Crippen molar-refractivity contribution in [3.05, 3.63) is 83.9 Å². The zero-order valence-electron chi connectivity index (χ0n) is 23.6. The smallest absolute Gasteiger partial charge is 0.264 e. The maximum absolute atomic E-state index is 14.1. The maximum Gasteiger partial charge on any atom is 0.264 e. The van der Waals surface area contributed by atoms with E-state index >= 15 is 0 Å². The Morgan fingerprint density at radius 2 is 1.60 bits per heavy atom. The van der Waals surface area contributed by atoms with Crippen LogP contribution < -0.4 is 19.1 Å². The molecule has 0 radical (unpaired) electrons. The van der Waals surface area contributed by atoms with Gasteiger partial charge in [0, 0.05) is 19.2 Å². The fraction of sp³-hybridized carbons (Fsp3) is 0.333. The number of carbonyl (C=O) groups excluding carboxylic acids is 2. The molecule has 0 aliphatic rings. The van der Waals surface area contributed by atoms with E-state index in [-0.39, 0.29) is 23.0 Å². The summed E-state index contributed by atoms with van der Waals surface area (Å²) in [5, 5.41) is 2.80. The van der Waals surface area contributed by atoms with Crippen LogP contribution in [-0.2, 0) is 26.2 Å². The second-order valence-electron chi connectivity index (χ2n) is 9.19. The van der Waals surface area contributed by atoms with Gasteiger partial charge in [-0.05, 0) is 50.1 Å². The number of likely N-dealkylation sites (N-methyl/N-ethyl adjacent to an activating group) is 1. The van der Waals surface area contributed by atoms with Crippen LogP contribution in [0.2, 0.25) is 0 Å². The van der Waals surface area contributed by atoms with Crippen molar-refractivity contribution in [3.8, 4) is 11.5 Å². The molecular weight excluding hydrogens is 530 g/mol. The number of rotatable bonds is 13. The Balaban J connectivity index is 2.11. The van der Waals surface area contributed by atoms with Gasteiger partial charge in [0.2, 0.25) is 11.8 Å². The Hall–Kier alpha value is -4.05. The number of carbonyl (C=O) groups is 2. The number of hydrogen-bond donors (Lipinski definition) is 1. The van der Waals surface area contributed by atoms with Crippen molar-refractivity contribution in [2.75, 3.05) is 31.6 Å². The Bertz CT molecular complexity index is 1410. The molecule has 214 valence electrons. The predicted molar refractivity (Wildman–Crippen MR) is 155 cm³/mol. The summed E-state index contributed by atoms with van der Waals surface area (Å²) in [6, 6.07) is 19.4. The average Bonchev–Trinajstić information content (AvgIpc) is 2.95. The molecule has 1 N–H and O–H groups in total. The number of benzene rings is 3. The number of methoxy groups -OCH3 is 2. The van der Waals surface area contributed by atoms with E-state index in [4.69, 9.17) is 9.47 Å². The molecule has 0 bridgehead atoms. The summed E-state index contributed by atoms with van der Waals surface area (Å²) in [7, 11) is -1.25. The van der Waals surface area contributed by atoms with Crippen LogP contribution in [0, 0.1) is 6.92 Å². The number of ether oxygens (including phenoxy) is 2. The summed E-state index contributed by atoms with van der Waals surface area (Å²) in [6.45, 7) is 5.59. The fourth-order valence-electron chi connectivity index (χ4n) is 4.45. The summed E-state index contributed by atoms with van der Waals surface area (Å²) in [4.78, 5) is 28.6. The number of amides is 2. The van der Waals surface area contributed by atoms with Crippen LogP contribution in [-0.4, -0.2) is 58.5 Å². The van der Waals surface area contributed by atoms with Gasteiger partial charge in [-0.15, -0.1) is 0 Å². The highest BCUT2D eigenvalue weighted by Gasteiger charge is 2.34. The van der Waals surface area contributed by atoms with E-state index in [1.54, 1.807) is 30.3 Å². The lowest BCUT2D eigenvalue weighted by Gasteiger charge is -2.33. The monoisotopic (exact) mass is 567 g/mol. The molecule has 10 heteroatoms. The molecule has 40 heavy (non-hydrogen) atoms. The van der Waals surface area contributed by atoms with Gasteiger partial charge in [0.05, 0.1) is 24.8 Å². The molecule has 0 unspecified atom stereocenters. The van der Waals surface area contributed by atoms with Gasteiger partial charge in [-0.25, -0.2) is 8.42 Å². The molecule has 0 heterocycles. The summed E-state index contributed by atoms with van der Waals surface area (Å²) in [6.07, 6.45) is 0.352. The number of anilines is 1. The van der Waals surface area contributed by atoms with E-state index in [1.165, 1.54) is 37.3 Å². The molecule has 0 saturated carbocycles. The molecule has 3 aromatic carbocycles. The second-order valence-corrected chi connectivity index (χ2v) is 11.1. The Labute approximate surface area is 236 Å². The van der Waals surface area contributed by atoms with Gasteiger partial charge >= 0.3 is 0 Å². The van der Waals surface area contributed by atoms with Crippen molar-refractivity contribution in [1.29, 1.82) is 0 Å². The van der Waals surface area contributed by atoms with Crippen molar-refractivity contribution >= 4 is 27.5 Å². The van der Waals surface area contributed by atoms with Gasteiger partial charge in [0.25, 0.3) is 10.0 Å². The Morgan fingerprint density at radius 1 is 0.900 bits per heavy atom. The zero-order valence-corrected chi connectivity index (χ0v) is 24.4. The molecule has 9 nitrogen and oxygen atoms in total. The maximum atomic E-state index is 14.1. The standard InChI is InChI=1S/C30H37N3O6S/c1-6-26(30(35)31-7-2)32(20-23-13-11-12-22(3)18-23)29(34)21-33(40(36,37)25-14-9-8-10-15-25)24-16-17-27(38-4)28(19-24)39-5/h8-19,26H,6-7,20-21H2,1-5H3,(H,31,35)/t26-/m1/s1. The number of nitrogens with one attached hydrogen (secondary N) is 1. The van der Waals surface area contributed by atoms with Gasteiger partial charge in [0.1, 0.15) is 12.6 Å². The third-order valence-corrected chi connectivity index (χ3v) is 8.23. The molecular formula is C30H37N3O6S. The van der Waals surface area contributed by atoms with Gasteiger partial charge in [-0.1, -0.05) is 55.0 Å². The van der Waals surface area contributed by atoms with E-state index in [2.05, 4.69) is 5.32 Å². The highest BCUT2D eigenvalue weighted by molar-refractivity contribution is 7.92. The van der Waals surface area contributed by atoms with Crippen LogP contribution in [0.3, 0.4) is 0 Å². The lowest BCUT2D eigenvalue weighted by Crippen LogP contribution is -2.52. The number of sulfonamides is 1. The van der Waals surface area contributed by atoms with Crippen molar-refractivity contribution in [1.82, 2.24) is 10.2 Å². The van der Waals surface area contributed by atoms with Crippen LogP contribution in [0.4, 0.5) is 5.69 Å². The minimum absolute atomic E-state index is 0.0265. The molecule has 0 fully saturated rings. The number of nitrogens with zero attached hydrogens (tertiary/aromatic N) is 2. The second kappa shape index (κ2) is 13.8. The molecule has 0 aliphatic heterocycles. The van der Waals surface area contributed by atoms with Crippen molar-refractivity contribution < 1.29 is 27.5 Å².